The maximum atomic E-state index is 12.2. The summed E-state index contributed by atoms with van der Waals surface area (Å²) < 4.78 is 0. The van der Waals surface area contributed by atoms with Crippen molar-refractivity contribution in [2.75, 3.05) is 0 Å². The SMILES string of the molecule is N#C[C@H](CC(=O)c1ccccc1)c1cccc(Cl)c1Cl. The van der Waals surface area contributed by atoms with Crippen molar-refractivity contribution in [3.8, 4) is 6.07 Å². The van der Waals surface area contributed by atoms with Crippen molar-refractivity contribution in [1.29, 1.82) is 5.26 Å². The minimum atomic E-state index is -0.603. The lowest BCUT2D eigenvalue weighted by Gasteiger charge is -2.11. The number of nitriles is 1. The number of hydrogen-bond acceptors (Lipinski definition) is 2. The van der Waals surface area contributed by atoms with Crippen molar-refractivity contribution >= 4 is 29.0 Å². The number of ketones is 1. The van der Waals surface area contributed by atoms with Crippen LogP contribution < -0.4 is 0 Å². The van der Waals surface area contributed by atoms with Gasteiger partial charge in [-0.15, -0.1) is 0 Å². The quantitative estimate of drug-likeness (QED) is 0.756. The molecule has 0 N–H and O–H groups in total. The standard InChI is InChI=1S/C16H11Cl2NO/c17-14-8-4-7-13(16(14)18)12(10-19)9-15(20)11-5-2-1-3-6-11/h1-8,12H,9H2/t12-/m0/s1. The van der Waals surface area contributed by atoms with E-state index in [9.17, 15) is 10.1 Å². The van der Waals surface area contributed by atoms with Crippen LogP contribution in [-0.2, 0) is 0 Å². The summed E-state index contributed by atoms with van der Waals surface area (Å²) in [5.74, 6) is -0.693. The number of nitrogens with zero attached hydrogens (tertiary/aromatic N) is 1. The molecule has 0 bridgehead atoms. The first-order chi connectivity index (χ1) is 9.63. The highest BCUT2D eigenvalue weighted by Crippen LogP contribution is 2.32. The Morgan fingerprint density at radius 1 is 1.10 bits per heavy atom. The summed E-state index contributed by atoms with van der Waals surface area (Å²) in [6, 6.07) is 16.1. The van der Waals surface area contributed by atoms with Gasteiger partial charge in [0.15, 0.2) is 5.78 Å². The highest BCUT2D eigenvalue weighted by atomic mass is 35.5. The Balaban J connectivity index is 2.24. The molecule has 100 valence electrons. The van der Waals surface area contributed by atoms with E-state index in [1.807, 2.05) is 6.07 Å². The molecule has 2 nitrogen and oxygen atoms in total. The van der Waals surface area contributed by atoms with E-state index in [4.69, 9.17) is 23.2 Å². The molecule has 0 fully saturated rings. The normalized spacial score (nSPS) is 11.7. The summed E-state index contributed by atoms with van der Waals surface area (Å²) in [6.07, 6.45) is 0.0839. The van der Waals surface area contributed by atoms with Crippen LogP contribution in [0.4, 0.5) is 0 Å². The van der Waals surface area contributed by atoms with Crippen molar-refractivity contribution in [3.63, 3.8) is 0 Å². The summed E-state index contributed by atoms with van der Waals surface area (Å²) >= 11 is 12.0. The first-order valence-corrected chi connectivity index (χ1v) is 6.81. The van der Waals surface area contributed by atoms with Gasteiger partial charge in [0.1, 0.15) is 0 Å². The van der Waals surface area contributed by atoms with Crippen molar-refractivity contribution in [1.82, 2.24) is 0 Å². The lowest BCUT2D eigenvalue weighted by atomic mass is 9.93. The summed E-state index contributed by atoms with van der Waals surface area (Å²) in [5, 5.41) is 10.0. The summed E-state index contributed by atoms with van der Waals surface area (Å²) in [7, 11) is 0. The van der Waals surface area contributed by atoms with Crippen molar-refractivity contribution in [2.45, 2.75) is 12.3 Å². The van der Waals surface area contributed by atoms with Crippen LogP contribution in [0.1, 0.15) is 28.3 Å². The molecule has 0 unspecified atom stereocenters. The van der Waals surface area contributed by atoms with Gasteiger partial charge in [0, 0.05) is 12.0 Å². The van der Waals surface area contributed by atoms with Gasteiger partial charge >= 0.3 is 0 Å². The third-order valence-corrected chi connectivity index (χ3v) is 3.83. The van der Waals surface area contributed by atoms with Gasteiger partial charge in [-0.3, -0.25) is 4.79 Å². The monoisotopic (exact) mass is 303 g/mol. The van der Waals surface area contributed by atoms with E-state index in [2.05, 4.69) is 6.07 Å². The molecule has 0 heterocycles. The predicted octanol–water partition coefficient (Wildman–Crippen LogP) is 4.87. The van der Waals surface area contributed by atoms with Crippen LogP contribution in [0.5, 0.6) is 0 Å². The third kappa shape index (κ3) is 3.19. The Morgan fingerprint density at radius 2 is 1.80 bits per heavy atom. The Labute approximate surface area is 127 Å². The van der Waals surface area contributed by atoms with E-state index in [0.29, 0.717) is 21.2 Å². The van der Waals surface area contributed by atoms with E-state index < -0.39 is 5.92 Å². The number of carbonyl (C=O) groups is 1. The molecule has 0 aliphatic carbocycles. The zero-order valence-corrected chi connectivity index (χ0v) is 12.0. The second-order valence-electron chi connectivity index (χ2n) is 4.32. The minimum Gasteiger partial charge on any atom is -0.294 e. The van der Waals surface area contributed by atoms with Crippen molar-refractivity contribution in [2.24, 2.45) is 0 Å². The number of benzene rings is 2. The second-order valence-corrected chi connectivity index (χ2v) is 5.10. The molecule has 0 aromatic heterocycles. The maximum absolute atomic E-state index is 12.2. The minimum absolute atomic E-state index is 0.0839. The van der Waals surface area contributed by atoms with Gasteiger partial charge in [0.2, 0.25) is 0 Å². The Morgan fingerprint density at radius 3 is 2.45 bits per heavy atom. The average Bonchev–Trinajstić information content (AvgIpc) is 2.48. The average molecular weight is 304 g/mol. The molecular formula is C16H11Cl2NO. The van der Waals surface area contributed by atoms with Crippen LogP contribution in [0.3, 0.4) is 0 Å². The number of hydrogen-bond donors (Lipinski definition) is 0. The predicted molar refractivity (Wildman–Crippen MR) is 80.2 cm³/mol. The van der Waals surface area contributed by atoms with E-state index in [0.717, 1.165) is 0 Å². The molecule has 0 amide bonds. The molecule has 0 saturated heterocycles. The lowest BCUT2D eigenvalue weighted by molar-refractivity contribution is 0.0979. The van der Waals surface area contributed by atoms with Gasteiger partial charge in [0.25, 0.3) is 0 Å². The van der Waals surface area contributed by atoms with Gasteiger partial charge in [-0.05, 0) is 11.6 Å². The van der Waals surface area contributed by atoms with E-state index in [1.54, 1.807) is 42.5 Å². The highest BCUT2D eigenvalue weighted by Gasteiger charge is 2.20. The number of rotatable bonds is 4. The van der Waals surface area contributed by atoms with Gasteiger partial charge in [-0.2, -0.15) is 5.26 Å². The molecule has 20 heavy (non-hydrogen) atoms. The third-order valence-electron chi connectivity index (χ3n) is 3.00. The van der Waals surface area contributed by atoms with Crippen LogP contribution in [0.2, 0.25) is 10.0 Å². The van der Waals surface area contributed by atoms with Crippen LogP contribution in [-0.4, -0.2) is 5.78 Å². The van der Waals surface area contributed by atoms with Crippen molar-refractivity contribution in [3.05, 3.63) is 69.7 Å². The second kappa shape index (κ2) is 6.56. The molecule has 0 saturated carbocycles. The van der Waals surface area contributed by atoms with E-state index in [1.165, 1.54) is 0 Å². The number of carbonyl (C=O) groups excluding carboxylic acids is 1. The zero-order valence-electron chi connectivity index (χ0n) is 10.5. The fraction of sp³-hybridized carbons (Fsp3) is 0.125. The first kappa shape index (κ1) is 14.6. The molecule has 0 spiro atoms. The molecule has 0 aliphatic rings. The molecular weight excluding hydrogens is 293 g/mol. The largest absolute Gasteiger partial charge is 0.294 e. The van der Waals surface area contributed by atoms with Crippen LogP contribution >= 0.6 is 23.2 Å². The summed E-state index contributed by atoms with van der Waals surface area (Å²) in [4.78, 5) is 12.2. The van der Waals surface area contributed by atoms with Crippen LogP contribution in [0.15, 0.2) is 48.5 Å². The van der Waals surface area contributed by atoms with E-state index in [-0.39, 0.29) is 12.2 Å². The van der Waals surface area contributed by atoms with E-state index >= 15 is 0 Å². The first-order valence-electron chi connectivity index (χ1n) is 6.05. The van der Waals surface area contributed by atoms with Crippen LogP contribution in [0, 0.1) is 11.3 Å². The fourth-order valence-corrected chi connectivity index (χ4v) is 2.38. The van der Waals surface area contributed by atoms with Crippen LogP contribution in [0.25, 0.3) is 0 Å². The van der Waals surface area contributed by atoms with Gasteiger partial charge in [-0.1, -0.05) is 65.7 Å². The number of Topliss-reactive ketones (excluding diaryl/α,β-unsaturated/α-hetero) is 1. The van der Waals surface area contributed by atoms with Gasteiger partial charge in [-0.25, -0.2) is 0 Å². The molecule has 2 aromatic rings. The molecule has 0 radical (unpaired) electrons. The smallest absolute Gasteiger partial charge is 0.164 e. The highest BCUT2D eigenvalue weighted by molar-refractivity contribution is 6.42. The van der Waals surface area contributed by atoms with Crippen molar-refractivity contribution < 1.29 is 4.79 Å². The van der Waals surface area contributed by atoms with Gasteiger partial charge in [0.05, 0.1) is 22.0 Å². The summed E-state index contributed by atoms with van der Waals surface area (Å²) in [6.45, 7) is 0. The molecule has 2 aromatic carbocycles. The molecule has 0 aliphatic heterocycles. The molecule has 2 rings (SSSR count). The topological polar surface area (TPSA) is 40.9 Å². The molecule has 4 heteroatoms. The number of halogens is 2. The Bertz CT molecular complexity index is 662. The zero-order chi connectivity index (χ0) is 14.5. The fourth-order valence-electron chi connectivity index (χ4n) is 1.94. The Hall–Kier alpha value is -1.82. The Kier molecular flexibility index (Phi) is 4.79. The van der Waals surface area contributed by atoms with Gasteiger partial charge < -0.3 is 0 Å². The molecule has 1 atom stereocenters. The lowest BCUT2D eigenvalue weighted by Crippen LogP contribution is -2.06. The maximum Gasteiger partial charge on any atom is 0.164 e. The summed E-state index contributed by atoms with van der Waals surface area (Å²) in [5.41, 5.74) is 1.18.